The Morgan fingerprint density at radius 1 is 0.864 bits per heavy atom. The Morgan fingerprint density at radius 3 is 2.00 bits per heavy atom. The van der Waals surface area contributed by atoms with Crippen molar-refractivity contribution < 1.29 is 29.3 Å². The number of hydrogen-bond acceptors (Lipinski definition) is 5. The number of carboxylic acid groups (broad SMARTS) is 2. The summed E-state index contributed by atoms with van der Waals surface area (Å²) in [4.78, 5) is 23.8. The van der Waals surface area contributed by atoms with Gasteiger partial charge in [-0.25, -0.2) is 14.6 Å². The van der Waals surface area contributed by atoms with Crippen molar-refractivity contribution in [2.45, 2.75) is 0 Å². The minimum Gasteiger partial charge on any atom is -0.482 e. The van der Waals surface area contributed by atoms with E-state index in [0.29, 0.717) is 11.6 Å². The molecule has 0 atom stereocenters. The molecule has 0 spiro atoms. The number of aromatic nitrogens is 1. The maximum atomic E-state index is 10.0. The lowest BCUT2D eigenvalue weighted by atomic mass is 10.3. The maximum absolute atomic E-state index is 10.0. The molecule has 7 nitrogen and oxygen atoms in total. The van der Waals surface area contributed by atoms with Crippen LogP contribution in [0.5, 0.6) is 11.6 Å². The average molecular weight is 305 g/mol. The highest BCUT2D eigenvalue weighted by Crippen LogP contribution is 2.07. The third-order valence-electron chi connectivity index (χ3n) is 2.09. The molecule has 0 aliphatic carbocycles. The van der Waals surface area contributed by atoms with Crippen LogP contribution in [0.3, 0.4) is 0 Å². The third-order valence-corrected chi connectivity index (χ3v) is 2.09. The molecule has 0 saturated heterocycles. The molecule has 0 aliphatic rings. The van der Waals surface area contributed by atoms with Crippen LogP contribution >= 0.6 is 0 Å². The van der Waals surface area contributed by atoms with Gasteiger partial charge >= 0.3 is 11.9 Å². The first kappa shape index (κ1) is 17.0. The van der Waals surface area contributed by atoms with Crippen molar-refractivity contribution in [3.63, 3.8) is 0 Å². The molecule has 7 heteroatoms. The molecule has 2 N–H and O–H groups in total. The van der Waals surface area contributed by atoms with Gasteiger partial charge in [0, 0.05) is 12.3 Å². The van der Waals surface area contributed by atoms with Crippen LogP contribution in [0.1, 0.15) is 0 Å². The largest absolute Gasteiger partial charge is 0.482 e. The van der Waals surface area contributed by atoms with E-state index in [4.69, 9.17) is 19.7 Å². The predicted octanol–water partition coefficient (Wildman–Crippen LogP) is 1.70. The predicted molar refractivity (Wildman–Crippen MR) is 76.9 cm³/mol. The van der Waals surface area contributed by atoms with E-state index in [0.717, 1.165) is 0 Å². The molecule has 0 bridgehead atoms. The van der Waals surface area contributed by atoms with Gasteiger partial charge in [-0.1, -0.05) is 24.3 Å². The summed E-state index contributed by atoms with van der Waals surface area (Å²) >= 11 is 0. The highest BCUT2D eigenvalue weighted by molar-refractivity contribution is 5.68. The van der Waals surface area contributed by atoms with Crippen LogP contribution in [0.25, 0.3) is 0 Å². The minimum absolute atomic E-state index is 0.288. The first-order chi connectivity index (χ1) is 10.6. The van der Waals surface area contributed by atoms with Gasteiger partial charge in [0.2, 0.25) is 5.88 Å². The normalized spacial score (nSPS) is 9.09. The second kappa shape index (κ2) is 9.76. The van der Waals surface area contributed by atoms with E-state index in [1.807, 2.05) is 6.07 Å². The fourth-order valence-corrected chi connectivity index (χ4v) is 1.23. The smallest absolute Gasteiger partial charge is 0.341 e. The van der Waals surface area contributed by atoms with E-state index in [1.165, 1.54) is 6.20 Å². The summed E-state index contributed by atoms with van der Waals surface area (Å²) < 4.78 is 9.62. The quantitative estimate of drug-likeness (QED) is 0.836. The molecule has 116 valence electrons. The number of pyridine rings is 1. The topological polar surface area (TPSA) is 106 Å². The van der Waals surface area contributed by atoms with Crippen LogP contribution in [0.15, 0.2) is 54.7 Å². The van der Waals surface area contributed by atoms with E-state index in [9.17, 15) is 9.59 Å². The minimum atomic E-state index is -1.00. The van der Waals surface area contributed by atoms with Gasteiger partial charge in [-0.05, 0) is 18.2 Å². The number of hydrogen-bond donors (Lipinski definition) is 2. The SMILES string of the molecule is O=C(O)COc1ccccc1.O=C(O)COc1ccccn1. The summed E-state index contributed by atoms with van der Waals surface area (Å²) in [5.74, 6) is -1.06. The van der Waals surface area contributed by atoms with Crippen molar-refractivity contribution in [3.8, 4) is 11.6 Å². The van der Waals surface area contributed by atoms with Crippen LogP contribution in [0, 0.1) is 0 Å². The number of aliphatic carboxylic acids is 2. The van der Waals surface area contributed by atoms with Crippen molar-refractivity contribution in [1.29, 1.82) is 0 Å². The zero-order valence-electron chi connectivity index (χ0n) is 11.6. The summed E-state index contributed by atoms with van der Waals surface area (Å²) in [7, 11) is 0. The maximum Gasteiger partial charge on any atom is 0.341 e. The highest BCUT2D eigenvalue weighted by Gasteiger charge is 1.97. The number of carbonyl (C=O) groups is 2. The van der Waals surface area contributed by atoms with Crippen LogP contribution in [-0.2, 0) is 9.59 Å². The lowest BCUT2D eigenvalue weighted by molar-refractivity contribution is -0.140. The zero-order valence-corrected chi connectivity index (χ0v) is 11.6. The van der Waals surface area contributed by atoms with Gasteiger partial charge in [0.1, 0.15) is 5.75 Å². The molecule has 0 radical (unpaired) electrons. The Morgan fingerprint density at radius 2 is 1.45 bits per heavy atom. The molecule has 0 amide bonds. The molecule has 0 saturated carbocycles. The van der Waals surface area contributed by atoms with Crippen molar-refractivity contribution in [3.05, 3.63) is 54.7 Å². The molecule has 0 unspecified atom stereocenters. The van der Waals surface area contributed by atoms with Gasteiger partial charge in [0.15, 0.2) is 13.2 Å². The van der Waals surface area contributed by atoms with Crippen LogP contribution in [-0.4, -0.2) is 40.3 Å². The zero-order chi connectivity index (χ0) is 16.2. The molecule has 22 heavy (non-hydrogen) atoms. The standard InChI is InChI=1S/C8H8O3.C7H7NO3/c9-8(10)6-11-7-4-2-1-3-5-7;9-7(10)5-11-6-3-1-2-4-8-6/h1-5H,6H2,(H,9,10);1-4H,5H2,(H,9,10). The van der Waals surface area contributed by atoms with E-state index < -0.39 is 11.9 Å². The number of para-hydroxylation sites is 1. The second-order valence-electron chi connectivity index (χ2n) is 3.85. The van der Waals surface area contributed by atoms with E-state index in [1.54, 1.807) is 42.5 Å². The van der Waals surface area contributed by atoms with E-state index in [2.05, 4.69) is 4.98 Å². The van der Waals surface area contributed by atoms with Gasteiger partial charge in [0.05, 0.1) is 0 Å². The molecule has 0 aliphatic heterocycles. The van der Waals surface area contributed by atoms with Crippen molar-refractivity contribution in [2.75, 3.05) is 13.2 Å². The highest BCUT2D eigenvalue weighted by atomic mass is 16.5. The first-order valence-corrected chi connectivity index (χ1v) is 6.23. The molecule has 1 aromatic carbocycles. The lowest BCUT2D eigenvalue weighted by Crippen LogP contribution is -2.09. The number of nitrogens with zero attached hydrogens (tertiary/aromatic N) is 1. The van der Waals surface area contributed by atoms with E-state index in [-0.39, 0.29) is 13.2 Å². The van der Waals surface area contributed by atoms with Gasteiger partial charge in [-0.15, -0.1) is 0 Å². The fraction of sp³-hybridized carbons (Fsp3) is 0.133. The molecular weight excluding hydrogens is 290 g/mol. The molecule has 2 aromatic rings. The van der Waals surface area contributed by atoms with Gasteiger partial charge < -0.3 is 19.7 Å². The molecular formula is C15H15NO6. The Hall–Kier alpha value is -3.09. The monoisotopic (exact) mass is 305 g/mol. The van der Waals surface area contributed by atoms with Crippen molar-refractivity contribution in [2.24, 2.45) is 0 Å². The summed E-state index contributed by atoms with van der Waals surface area (Å²) in [6, 6.07) is 13.9. The van der Waals surface area contributed by atoms with Gasteiger partial charge in [-0.3, -0.25) is 0 Å². The summed E-state index contributed by atoms with van der Waals surface area (Å²) in [6.07, 6.45) is 1.54. The average Bonchev–Trinajstić information content (AvgIpc) is 2.53. The Labute approximate surface area is 126 Å². The second-order valence-corrected chi connectivity index (χ2v) is 3.85. The molecule has 2 rings (SSSR count). The number of rotatable bonds is 6. The van der Waals surface area contributed by atoms with Crippen molar-refractivity contribution >= 4 is 11.9 Å². The summed E-state index contributed by atoms with van der Waals surface area (Å²) in [6.45, 7) is -0.638. The number of benzene rings is 1. The Kier molecular flexibility index (Phi) is 7.52. The first-order valence-electron chi connectivity index (χ1n) is 6.23. The number of ether oxygens (including phenoxy) is 2. The van der Waals surface area contributed by atoms with E-state index >= 15 is 0 Å². The Balaban J connectivity index is 0.000000220. The third kappa shape index (κ3) is 8.16. The number of carboxylic acids is 2. The van der Waals surface area contributed by atoms with Crippen LogP contribution in [0.4, 0.5) is 0 Å². The van der Waals surface area contributed by atoms with Crippen molar-refractivity contribution in [1.82, 2.24) is 4.98 Å². The molecule has 0 fully saturated rings. The Bertz CT molecular complexity index is 520. The summed E-state index contributed by atoms with van der Waals surface area (Å²) in [5, 5.41) is 16.5. The lowest BCUT2D eigenvalue weighted by Gasteiger charge is -2.00. The van der Waals surface area contributed by atoms with Crippen LogP contribution < -0.4 is 9.47 Å². The van der Waals surface area contributed by atoms with Gasteiger partial charge in [0.25, 0.3) is 0 Å². The molecule has 1 heterocycles. The summed E-state index contributed by atoms with van der Waals surface area (Å²) in [5.41, 5.74) is 0. The fourth-order valence-electron chi connectivity index (χ4n) is 1.23. The van der Waals surface area contributed by atoms with Gasteiger partial charge in [-0.2, -0.15) is 0 Å². The molecule has 1 aromatic heterocycles. The van der Waals surface area contributed by atoms with Crippen LogP contribution in [0.2, 0.25) is 0 Å².